The van der Waals surface area contributed by atoms with E-state index in [-0.39, 0.29) is 11.6 Å². The van der Waals surface area contributed by atoms with Gasteiger partial charge < -0.3 is 10.2 Å². The summed E-state index contributed by atoms with van der Waals surface area (Å²) in [4.78, 5) is 2.43. The quantitative estimate of drug-likeness (QED) is 0.871. The van der Waals surface area contributed by atoms with Gasteiger partial charge in [0, 0.05) is 11.6 Å². The normalized spacial score (nSPS) is 20.2. The zero-order valence-electron chi connectivity index (χ0n) is 14.0. The summed E-state index contributed by atoms with van der Waals surface area (Å²) in [6.07, 6.45) is 8.39. The Bertz CT molecular complexity index is 461. The van der Waals surface area contributed by atoms with Gasteiger partial charge in [-0.05, 0) is 63.8 Å². The summed E-state index contributed by atoms with van der Waals surface area (Å²) in [5, 5.41) is 8.18. The van der Waals surface area contributed by atoms with Gasteiger partial charge in [-0.2, -0.15) is 5.10 Å². The lowest BCUT2D eigenvalue weighted by molar-refractivity contribution is 0.0553. The third kappa shape index (κ3) is 3.06. The van der Waals surface area contributed by atoms with Crippen molar-refractivity contribution in [2.75, 3.05) is 21.1 Å². The summed E-state index contributed by atoms with van der Waals surface area (Å²) >= 11 is 3.72. The van der Waals surface area contributed by atoms with Crippen molar-refractivity contribution in [3.63, 3.8) is 0 Å². The van der Waals surface area contributed by atoms with E-state index in [1.807, 2.05) is 6.20 Å². The number of rotatable bonds is 5. The van der Waals surface area contributed by atoms with Crippen LogP contribution in [0.5, 0.6) is 0 Å². The van der Waals surface area contributed by atoms with Gasteiger partial charge in [-0.3, -0.25) is 4.68 Å². The van der Waals surface area contributed by atoms with Crippen molar-refractivity contribution in [2.45, 2.75) is 63.6 Å². The minimum Gasteiger partial charge on any atom is -0.310 e. The second-order valence-corrected chi connectivity index (χ2v) is 7.55. The number of nitrogens with one attached hydrogen (secondary N) is 1. The van der Waals surface area contributed by atoms with Crippen LogP contribution in [0.1, 0.15) is 63.7 Å². The molecule has 0 amide bonds. The van der Waals surface area contributed by atoms with Gasteiger partial charge in [0.05, 0.1) is 22.4 Å². The number of aromatic nitrogens is 2. The van der Waals surface area contributed by atoms with Gasteiger partial charge in [0.15, 0.2) is 0 Å². The maximum Gasteiger partial charge on any atom is 0.0717 e. The fraction of sp³-hybridized carbons (Fsp3) is 0.812. The highest BCUT2D eigenvalue weighted by Gasteiger charge is 2.44. The number of halogens is 1. The molecule has 0 bridgehead atoms. The molecule has 1 aliphatic rings. The number of hydrogen-bond acceptors (Lipinski definition) is 3. The van der Waals surface area contributed by atoms with Crippen molar-refractivity contribution >= 4 is 15.9 Å². The molecule has 0 saturated heterocycles. The Labute approximate surface area is 137 Å². The molecule has 0 aromatic carbocycles. The largest absolute Gasteiger partial charge is 0.310 e. The first kappa shape index (κ1) is 17.0. The van der Waals surface area contributed by atoms with Gasteiger partial charge in [-0.25, -0.2) is 0 Å². The highest BCUT2D eigenvalue weighted by atomic mass is 79.9. The Morgan fingerprint density at radius 1 is 1.29 bits per heavy atom. The molecule has 1 atom stereocenters. The van der Waals surface area contributed by atoms with Crippen LogP contribution in [-0.2, 0) is 0 Å². The Morgan fingerprint density at radius 3 is 2.38 bits per heavy atom. The topological polar surface area (TPSA) is 33.1 Å². The maximum absolute atomic E-state index is 4.58. The standard InChI is InChI=1S/C16H29BrN4/c1-12(2)21-14(13(17)11-19-21)15(18-3)16(20(4)5)9-7-6-8-10-16/h11-12,15,18H,6-10H2,1-5H3. The smallest absolute Gasteiger partial charge is 0.0717 e. The van der Waals surface area contributed by atoms with Crippen LogP contribution in [0.4, 0.5) is 0 Å². The fourth-order valence-electron chi connectivity index (χ4n) is 3.85. The Hall–Kier alpha value is -0.390. The molecular weight excluding hydrogens is 328 g/mol. The molecule has 21 heavy (non-hydrogen) atoms. The summed E-state index contributed by atoms with van der Waals surface area (Å²) in [6.45, 7) is 4.39. The molecule has 0 spiro atoms. The molecule has 1 unspecified atom stereocenters. The molecular formula is C16H29BrN4. The predicted octanol–water partition coefficient (Wildman–Crippen LogP) is 3.75. The molecule has 1 aliphatic carbocycles. The lowest BCUT2D eigenvalue weighted by Gasteiger charge is -2.48. The molecule has 1 N–H and O–H groups in total. The van der Waals surface area contributed by atoms with Crippen molar-refractivity contribution in [2.24, 2.45) is 0 Å². The summed E-state index contributed by atoms with van der Waals surface area (Å²) in [7, 11) is 6.52. The molecule has 120 valence electrons. The van der Waals surface area contributed by atoms with Gasteiger partial charge in [-0.15, -0.1) is 0 Å². The third-order valence-corrected chi connectivity index (χ3v) is 5.60. The summed E-state index contributed by atoms with van der Waals surface area (Å²) < 4.78 is 3.27. The van der Waals surface area contributed by atoms with Gasteiger partial charge in [0.2, 0.25) is 0 Å². The Balaban J connectivity index is 2.49. The fourth-order valence-corrected chi connectivity index (χ4v) is 4.35. The van der Waals surface area contributed by atoms with Gasteiger partial charge in [0.1, 0.15) is 0 Å². The van der Waals surface area contributed by atoms with E-state index in [4.69, 9.17) is 0 Å². The molecule has 1 aromatic heterocycles. The Kier molecular flexibility index (Phi) is 5.49. The van der Waals surface area contributed by atoms with E-state index in [2.05, 4.69) is 70.9 Å². The van der Waals surface area contributed by atoms with E-state index in [1.165, 1.54) is 37.8 Å². The molecule has 4 nitrogen and oxygen atoms in total. The molecule has 1 heterocycles. The lowest BCUT2D eigenvalue weighted by Crippen LogP contribution is -2.55. The van der Waals surface area contributed by atoms with Crippen LogP contribution in [-0.4, -0.2) is 41.4 Å². The number of hydrogen-bond donors (Lipinski definition) is 1. The SMILES string of the molecule is CNC(c1c(Br)cnn1C(C)C)C1(N(C)C)CCCCC1. The zero-order valence-corrected chi connectivity index (χ0v) is 15.6. The number of nitrogens with zero attached hydrogens (tertiary/aromatic N) is 3. The molecule has 0 aliphatic heterocycles. The molecule has 5 heteroatoms. The van der Waals surface area contributed by atoms with Crippen LogP contribution >= 0.6 is 15.9 Å². The van der Waals surface area contributed by atoms with Gasteiger partial charge in [0.25, 0.3) is 0 Å². The highest BCUT2D eigenvalue weighted by Crippen LogP contribution is 2.43. The van der Waals surface area contributed by atoms with E-state index in [0.29, 0.717) is 6.04 Å². The van der Waals surface area contributed by atoms with E-state index in [9.17, 15) is 0 Å². The molecule has 1 saturated carbocycles. The van der Waals surface area contributed by atoms with Crippen molar-refractivity contribution in [1.82, 2.24) is 20.0 Å². The third-order valence-electron chi connectivity index (χ3n) is 4.99. The highest BCUT2D eigenvalue weighted by molar-refractivity contribution is 9.10. The molecule has 1 fully saturated rings. The predicted molar refractivity (Wildman–Crippen MR) is 91.6 cm³/mol. The van der Waals surface area contributed by atoms with Crippen LogP contribution in [0.15, 0.2) is 10.7 Å². The van der Waals surface area contributed by atoms with Crippen LogP contribution in [0.3, 0.4) is 0 Å². The van der Waals surface area contributed by atoms with Crippen LogP contribution in [0.25, 0.3) is 0 Å². The van der Waals surface area contributed by atoms with Gasteiger partial charge >= 0.3 is 0 Å². The monoisotopic (exact) mass is 356 g/mol. The second kappa shape index (κ2) is 6.80. The Morgan fingerprint density at radius 2 is 1.90 bits per heavy atom. The number of likely N-dealkylation sites (N-methyl/N-ethyl adjacent to an activating group) is 2. The van der Waals surface area contributed by atoms with Crippen LogP contribution in [0, 0.1) is 0 Å². The molecule has 0 radical (unpaired) electrons. The van der Waals surface area contributed by atoms with E-state index >= 15 is 0 Å². The van der Waals surface area contributed by atoms with Crippen molar-refractivity contribution in [1.29, 1.82) is 0 Å². The maximum atomic E-state index is 4.58. The summed E-state index contributed by atoms with van der Waals surface area (Å²) in [5.74, 6) is 0. The van der Waals surface area contributed by atoms with Crippen LogP contribution in [0.2, 0.25) is 0 Å². The van der Waals surface area contributed by atoms with Gasteiger partial charge in [-0.1, -0.05) is 19.3 Å². The van der Waals surface area contributed by atoms with E-state index in [0.717, 1.165) is 4.47 Å². The van der Waals surface area contributed by atoms with Crippen molar-refractivity contribution in [3.05, 3.63) is 16.4 Å². The lowest BCUT2D eigenvalue weighted by atomic mass is 9.74. The summed E-state index contributed by atoms with van der Waals surface area (Å²) in [5.41, 5.74) is 1.45. The van der Waals surface area contributed by atoms with E-state index < -0.39 is 0 Å². The minimum atomic E-state index is 0.169. The average Bonchev–Trinajstić information content (AvgIpc) is 2.83. The van der Waals surface area contributed by atoms with Crippen molar-refractivity contribution < 1.29 is 0 Å². The van der Waals surface area contributed by atoms with Crippen molar-refractivity contribution in [3.8, 4) is 0 Å². The summed E-state index contributed by atoms with van der Waals surface area (Å²) in [6, 6.07) is 0.650. The molecule has 1 aromatic rings. The zero-order chi connectivity index (χ0) is 15.6. The van der Waals surface area contributed by atoms with Crippen LogP contribution < -0.4 is 5.32 Å². The minimum absolute atomic E-state index is 0.169. The second-order valence-electron chi connectivity index (χ2n) is 6.70. The average molecular weight is 357 g/mol. The molecule has 2 rings (SSSR count). The van der Waals surface area contributed by atoms with E-state index in [1.54, 1.807) is 0 Å². The first-order valence-corrected chi connectivity index (χ1v) is 8.81. The first-order valence-electron chi connectivity index (χ1n) is 8.01. The first-order chi connectivity index (χ1) is 9.94.